The second kappa shape index (κ2) is 6.57. The smallest absolute Gasteiger partial charge is 0.219 e. The van der Waals surface area contributed by atoms with E-state index in [1.165, 1.54) is 11.3 Å². The van der Waals surface area contributed by atoms with Crippen molar-refractivity contribution in [1.82, 2.24) is 15.0 Å². The Labute approximate surface area is 153 Å². The zero-order valence-electron chi connectivity index (χ0n) is 13.9. The van der Waals surface area contributed by atoms with Crippen molar-refractivity contribution in [3.8, 4) is 0 Å². The lowest BCUT2D eigenvalue weighted by atomic mass is 10.0. The van der Waals surface area contributed by atoms with Gasteiger partial charge in [-0.1, -0.05) is 42.5 Å². The first kappa shape index (κ1) is 16.2. The third-order valence-corrected chi connectivity index (χ3v) is 4.76. The summed E-state index contributed by atoms with van der Waals surface area (Å²) in [4.78, 5) is 25.0. The maximum atomic E-state index is 13.1. The molecule has 0 aliphatic heterocycles. The van der Waals surface area contributed by atoms with Gasteiger partial charge in [-0.15, -0.1) is 11.3 Å². The van der Waals surface area contributed by atoms with Gasteiger partial charge in [-0.05, 0) is 19.1 Å². The number of para-hydroxylation sites is 2. The number of imidazole rings is 1. The molecule has 2 N–H and O–H groups in total. The first-order valence-electron chi connectivity index (χ1n) is 8.04. The Kier molecular flexibility index (Phi) is 4.10. The van der Waals surface area contributed by atoms with Crippen LogP contribution in [-0.4, -0.2) is 25.8 Å². The van der Waals surface area contributed by atoms with Crippen LogP contribution in [0.2, 0.25) is 0 Å². The minimum Gasteiger partial charge on any atom is -0.506 e. The molecule has 0 atom stereocenters. The van der Waals surface area contributed by atoms with Crippen LogP contribution in [0.1, 0.15) is 26.9 Å². The molecule has 26 heavy (non-hydrogen) atoms. The molecule has 0 spiro atoms. The molecule has 4 aromatic rings. The number of thiazole rings is 1. The minimum absolute atomic E-state index is 0.109. The van der Waals surface area contributed by atoms with E-state index in [4.69, 9.17) is 0 Å². The molecule has 2 aromatic heterocycles. The fourth-order valence-electron chi connectivity index (χ4n) is 2.73. The van der Waals surface area contributed by atoms with Crippen LogP contribution in [0.25, 0.3) is 22.4 Å². The Morgan fingerprint density at radius 3 is 2.46 bits per heavy atom. The Balaban J connectivity index is 1.93. The van der Waals surface area contributed by atoms with Crippen molar-refractivity contribution in [2.45, 2.75) is 6.92 Å². The van der Waals surface area contributed by atoms with Crippen LogP contribution in [0.3, 0.4) is 0 Å². The second-order valence-electron chi connectivity index (χ2n) is 5.77. The van der Waals surface area contributed by atoms with Crippen LogP contribution < -0.4 is 0 Å². The predicted octanol–water partition coefficient (Wildman–Crippen LogP) is 4.64. The number of nitrogens with zero attached hydrogens (tertiary/aromatic N) is 2. The molecule has 4 rings (SSSR count). The SMILES string of the molecule is Cc1nc(C(=O)/C(=C(\O)c2ccccc2)c2nc3ccccc3[nH]2)cs1. The third kappa shape index (κ3) is 2.91. The van der Waals surface area contributed by atoms with Crippen molar-refractivity contribution in [2.75, 3.05) is 0 Å². The fraction of sp³-hybridized carbons (Fsp3) is 0.0500. The lowest BCUT2D eigenvalue weighted by Crippen LogP contribution is -2.08. The molecule has 2 aromatic carbocycles. The maximum Gasteiger partial charge on any atom is 0.219 e. The van der Waals surface area contributed by atoms with Crippen molar-refractivity contribution in [3.05, 3.63) is 82.1 Å². The number of aliphatic hydroxyl groups excluding tert-OH is 1. The number of H-pyrrole nitrogens is 1. The summed E-state index contributed by atoms with van der Waals surface area (Å²) in [7, 11) is 0. The van der Waals surface area contributed by atoms with E-state index in [9.17, 15) is 9.90 Å². The van der Waals surface area contributed by atoms with Gasteiger partial charge in [0, 0.05) is 10.9 Å². The van der Waals surface area contributed by atoms with Gasteiger partial charge in [0.15, 0.2) is 0 Å². The number of hydrogen-bond donors (Lipinski definition) is 2. The number of nitrogens with one attached hydrogen (secondary N) is 1. The van der Waals surface area contributed by atoms with Crippen molar-refractivity contribution in [2.24, 2.45) is 0 Å². The molecular weight excluding hydrogens is 346 g/mol. The zero-order chi connectivity index (χ0) is 18.1. The van der Waals surface area contributed by atoms with Gasteiger partial charge < -0.3 is 10.1 Å². The Bertz CT molecular complexity index is 1090. The molecule has 0 unspecified atom stereocenters. The zero-order valence-corrected chi connectivity index (χ0v) is 14.7. The van der Waals surface area contributed by atoms with E-state index in [0.29, 0.717) is 17.1 Å². The summed E-state index contributed by atoms with van der Waals surface area (Å²) in [5.74, 6) is -0.168. The number of rotatable bonds is 4. The molecule has 0 saturated carbocycles. The van der Waals surface area contributed by atoms with Crippen LogP contribution in [0, 0.1) is 6.92 Å². The second-order valence-corrected chi connectivity index (χ2v) is 6.84. The predicted molar refractivity (Wildman–Crippen MR) is 103 cm³/mol. The van der Waals surface area contributed by atoms with E-state index in [0.717, 1.165) is 16.0 Å². The molecule has 0 saturated heterocycles. The summed E-state index contributed by atoms with van der Waals surface area (Å²) in [6, 6.07) is 16.4. The molecule has 0 amide bonds. The lowest BCUT2D eigenvalue weighted by Gasteiger charge is -2.07. The molecule has 6 heteroatoms. The number of allylic oxidation sites excluding steroid dienone is 1. The van der Waals surface area contributed by atoms with E-state index >= 15 is 0 Å². The van der Waals surface area contributed by atoms with E-state index in [-0.39, 0.29) is 17.1 Å². The summed E-state index contributed by atoms with van der Waals surface area (Å²) in [6.07, 6.45) is 0. The number of aliphatic hydroxyl groups is 1. The van der Waals surface area contributed by atoms with Gasteiger partial charge in [-0.25, -0.2) is 9.97 Å². The van der Waals surface area contributed by atoms with Gasteiger partial charge in [0.2, 0.25) is 5.78 Å². The molecule has 5 nitrogen and oxygen atoms in total. The number of carbonyl (C=O) groups is 1. The quantitative estimate of drug-likeness (QED) is 0.315. The van der Waals surface area contributed by atoms with Gasteiger partial charge in [0.1, 0.15) is 22.9 Å². The van der Waals surface area contributed by atoms with Crippen LogP contribution in [-0.2, 0) is 0 Å². The molecule has 0 radical (unpaired) electrons. The van der Waals surface area contributed by atoms with Crippen LogP contribution in [0.5, 0.6) is 0 Å². The molecule has 0 fully saturated rings. The average molecular weight is 361 g/mol. The van der Waals surface area contributed by atoms with Gasteiger partial charge in [0.25, 0.3) is 0 Å². The molecule has 0 bridgehead atoms. The number of aromatic amines is 1. The summed E-state index contributed by atoms with van der Waals surface area (Å²) in [6.45, 7) is 1.84. The monoisotopic (exact) mass is 361 g/mol. The van der Waals surface area contributed by atoms with Gasteiger partial charge in [0.05, 0.1) is 16.0 Å². The van der Waals surface area contributed by atoms with E-state index in [1.807, 2.05) is 37.3 Å². The Morgan fingerprint density at radius 1 is 1.04 bits per heavy atom. The third-order valence-electron chi connectivity index (χ3n) is 3.99. The number of carbonyl (C=O) groups excluding carboxylic acids is 1. The Hall–Kier alpha value is -3.25. The normalized spacial score (nSPS) is 12.2. The number of fused-ring (bicyclic) bond motifs is 1. The number of Topliss-reactive ketones (excluding diaryl/α,β-unsaturated/α-hetero) is 1. The highest BCUT2D eigenvalue weighted by molar-refractivity contribution is 7.09. The molecule has 0 aliphatic carbocycles. The topological polar surface area (TPSA) is 78.9 Å². The van der Waals surface area contributed by atoms with E-state index in [1.54, 1.807) is 29.6 Å². The molecule has 2 heterocycles. The van der Waals surface area contributed by atoms with Crippen molar-refractivity contribution in [3.63, 3.8) is 0 Å². The highest BCUT2D eigenvalue weighted by atomic mass is 32.1. The van der Waals surface area contributed by atoms with E-state index < -0.39 is 0 Å². The van der Waals surface area contributed by atoms with Crippen LogP contribution in [0.15, 0.2) is 60.0 Å². The van der Waals surface area contributed by atoms with Crippen LogP contribution in [0.4, 0.5) is 0 Å². The van der Waals surface area contributed by atoms with Crippen molar-refractivity contribution >= 4 is 39.5 Å². The molecule has 0 aliphatic rings. The molecular formula is C20H15N3O2S. The number of aryl methyl sites for hydroxylation is 1. The number of ketones is 1. The maximum absolute atomic E-state index is 13.1. The summed E-state index contributed by atoms with van der Waals surface area (Å²) < 4.78 is 0. The summed E-state index contributed by atoms with van der Waals surface area (Å²) in [5.41, 5.74) is 2.47. The van der Waals surface area contributed by atoms with Gasteiger partial charge in [-0.3, -0.25) is 4.79 Å². The van der Waals surface area contributed by atoms with Crippen molar-refractivity contribution in [1.29, 1.82) is 0 Å². The summed E-state index contributed by atoms with van der Waals surface area (Å²) in [5, 5.41) is 13.4. The molecule has 128 valence electrons. The van der Waals surface area contributed by atoms with E-state index in [2.05, 4.69) is 15.0 Å². The van der Waals surface area contributed by atoms with Crippen LogP contribution >= 0.6 is 11.3 Å². The minimum atomic E-state index is -0.366. The van der Waals surface area contributed by atoms with Gasteiger partial charge in [-0.2, -0.15) is 0 Å². The summed E-state index contributed by atoms with van der Waals surface area (Å²) >= 11 is 1.39. The van der Waals surface area contributed by atoms with Crippen molar-refractivity contribution < 1.29 is 9.90 Å². The Morgan fingerprint density at radius 2 is 1.77 bits per heavy atom. The number of aromatic nitrogens is 3. The highest BCUT2D eigenvalue weighted by Gasteiger charge is 2.25. The number of benzene rings is 2. The number of hydrogen-bond acceptors (Lipinski definition) is 5. The fourth-order valence-corrected chi connectivity index (χ4v) is 3.33. The lowest BCUT2D eigenvalue weighted by molar-refractivity contribution is 0.105. The average Bonchev–Trinajstić information content (AvgIpc) is 3.28. The highest BCUT2D eigenvalue weighted by Crippen LogP contribution is 2.28. The largest absolute Gasteiger partial charge is 0.506 e. The standard InChI is InChI=1S/C20H15N3O2S/c1-12-21-16(11-26-12)19(25)17(18(24)13-7-3-2-4-8-13)20-22-14-9-5-6-10-15(14)23-20/h2-11,24H,1H3,(H,22,23)/b18-17+. The first-order chi connectivity index (χ1) is 12.6. The first-order valence-corrected chi connectivity index (χ1v) is 8.92. The van der Waals surface area contributed by atoms with Gasteiger partial charge >= 0.3 is 0 Å².